The Balaban J connectivity index is 0.000000176. The number of carbonyl (C=O) groups excluding carboxylic acids is 4. The summed E-state index contributed by atoms with van der Waals surface area (Å²) in [6.07, 6.45) is 14.2. The summed E-state index contributed by atoms with van der Waals surface area (Å²) >= 11 is 19.2. The molecule has 138 heavy (non-hydrogen) atoms. The average Bonchev–Trinajstić information content (AvgIpc) is 1.66. The number of carbonyl (C=O) groups is 4. The van der Waals surface area contributed by atoms with Crippen molar-refractivity contribution in [3.05, 3.63) is 238 Å². The Kier molecular flexibility index (Phi) is 33.9. The Morgan fingerprint density at radius 1 is 0.384 bits per heavy atom. The number of halogens is 8. The zero-order chi connectivity index (χ0) is 98.5. The van der Waals surface area contributed by atoms with Gasteiger partial charge in [0, 0.05) is 75.0 Å². The molecular formula is C96H116Cl3F5N24O8S2. The average molecular weight is 2000 g/mol. The number of anilines is 8. The predicted octanol–water partition coefficient (Wildman–Crippen LogP) is 21.6. The summed E-state index contributed by atoms with van der Waals surface area (Å²) in [4.78, 5) is 105. The van der Waals surface area contributed by atoms with Crippen molar-refractivity contribution >= 4 is 133 Å². The van der Waals surface area contributed by atoms with Crippen molar-refractivity contribution in [1.82, 2.24) is 78.1 Å². The van der Waals surface area contributed by atoms with Gasteiger partial charge in [0.05, 0.1) is 90.7 Å². The summed E-state index contributed by atoms with van der Waals surface area (Å²) in [5.41, 5.74) is 11.0. The normalized spacial score (nSPS) is 17.3. The quantitative estimate of drug-likeness (QED) is 0.0322. The molecule has 4 amide bonds. The van der Waals surface area contributed by atoms with E-state index in [9.17, 15) is 41.1 Å². The minimum atomic E-state index is -1.43. The summed E-state index contributed by atoms with van der Waals surface area (Å²) < 4.78 is 97.6. The molecule has 16 rings (SSSR count). The lowest BCUT2D eigenvalue weighted by Crippen LogP contribution is -2.40. The van der Waals surface area contributed by atoms with E-state index in [-0.39, 0.29) is 140 Å². The maximum absolute atomic E-state index is 14.5. The second kappa shape index (κ2) is 44.1. The van der Waals surface area contributed by atoms with Gasteiger partial charge in [-0.2, -0.15) is 46.9 Å². The number of hydrogen-bond donors (Lipinski definition) is 4. The Morgan fingerprint density at radius 2 is 0.688 bits per heavy atom. The van der Waals surface area contributed by atoms with Gasteiger partial charge in [-0.1, -0.05) is 144 Å². The largest absolute Gasteiger partial charge is 0.447 e. The van der Waals surface area contributed by atoms with E-state index in [0.717, 1.165) is 83.1 Å². The van der Waals surface area contributed by atoms with E-state index in [4.69, 9.17) is 53.8 Å². The number of nitrogens with zero attached hydrogens (tertiary/aromatic N) is 20. The molecule has 4 aliphatic rings. The van der Waals surface area contributed by atoms with Crippen LogP contribution in [0.5, 0.6) is 0 Å². The number of amides is 4. The molecule has 4 fully saturated rings. The molecule has 12 heterocycles. The van der Waals surface area contributed by atoms with E-state index in [1.54, 1.807) is 48.5 Å². The molecule has 10 atom stereocenters. The maximum Gasteiger partial charge on any atom is 0.416 e. The van der Waals surface area contributed by atoms with Gasteiger partial charge in [-0.05, 0) is 170 Å². The summed E-state index contributed by atoms with van der Waals surface area (Å²) in [6, 6.07) is 25.5. The molecule has 8 aromatic heterocycles. The SMILES string of the molecule is CC(C)[C@H]1COC(=O)N1c1ccnc(N[C@@H](C)c2cn(-c3ccc(Cl)c(C(C)(C)C)c3)cn2)n1.C[C@H](Nc1ncc(F)c(N2C(=O)OC[C@@H]2CF)n1)c1cn(-c2ccc(C(C)(C)C)cc2)cn1.C[C@H](Nc1ncc(F)c(N2C(=O)OC[C@@H]2[C@H](C)F)n1)c1cn(-c2ccc(Cl)c(C(C)(C)C)c2)cn1.C[C@H](Nc1nccc(N2C(=O)OC[C@@H]2[C@H](C)F)n1)c1cn(-c2ccc(Cl)c(C(C)(C)C)c2)cn1.S.S. The van der Waals surface area contributed by atoms with Gasteiger partial charge >= 0.3 is 24.4 Å². The monoisotopic (exact) mass is 2000 g/mol. The lowest BCUT2D eigenvalue weighted by molar-refractivity contribution is 0.173. The number of aromatic nitrogens is 16. The number of alkyl halides is 3. The van der Waals surface area contributed by atoms with Crippen LogP contribution in [0, 0.1) is 17.6 Å². The zero-order valence-electron chi connectivity index (χ0n) is 80.2. The van der Waals surface area contributed by atoms with Crippen LogP contribution in [-0.4, -0.2) is 172 Å². The highest BCUT2D eigenvalue weighted by Gasteiger charge is 2.44. The van der Waals surface area contributed by atoms with E-state index >= 15 is 0 Å². The van der Waals surface area contributed by atoms with E-state index in [2.05, 4.69) is 202 Å². The molecule has 0 bridgehead atoms. The fraction of sp³-hybridized carbons (Fsp3) is 0.417. The topological polar surface area (TPSA) is 341 Å². The first-order chi connectivity index (χ1) is 64.2. The predicted molar refractivity (Wildman–Crippen MR) is 533 cm³/mol. The van der Waals surface area contributed by atoms with Gasteiger partial charge < -0.3 is 58.5 Å². The van der Waals surface area contributed by atoms with Crippen molar-refractivity contribution in [1.29, 1.82) is 0 Å². The number of nitrogens with one attached hydrogen (secondary N) is 4. The first-order valence-corrected chi connectivity index (χ1v) is 45.5. The molecule has 32 nitrogen and oxygen atoms in total. The van der Waals surface area contributed by atoms with Crippen molar-refractivity contribution in [2.24, 2.45) is 5.92 Å². The van der Waals surface area contributed by atoms with E-state index in [0.29, 0.717) is 40.7 Å². The van der Waals surface area contributed by atoms with E-state index in [1.165, 1.54) is 30.5 Å². The smallest absolute Gasteiger partial charge is 0.416 e. The molecule has 0 saturated carbocycles. The molecule has 4 N–H and O–H groups in total. The van der Waals surface area contributed by atoms with E-state index in [1.807, 2.05) is 125 Å². The van der Waals surface area contributed by atoms with Crippen LogP contribution < -0.4 is 40.9 Å². The lowest BCUT2D eigenvalue weighted by atomic mass is 9.87. The van der Waals surface area contributed by atoms with Gasteiger partial charge in [-0.25, -0.2) is 90.8 Å². The van der Waals surface area contributed by atoms with Gasteiger partial charge in [0.1, 0.15) is 75.2 Å². The van der Waals surface area contributed by atoms with Gasteiger partial charge in [-0.15, -0.1) is 0 Å². The van der Waals surface area contributed by atoms with Crippen molar-refractivity contribution in [3.63, 3.8) is 0 Å². The van der Waals surface area contributed by atoms with Crippen LogP contribution in [0.3, 0.4) is 0 Å². The number of imidazole rings is 4. The van der Waals surface area contributed by atoms with Crippen LogP contribution in [-0.2, 0) is 40.6 Å². The lowest BCUT2D eigenvalue weighted by Gasteiger charge is -2.23. The highest BCUT2D eigenvalue weighted by Crippen LogP contribution is 2.39. The van der Waals surface area contributed by atoms with Crippen LogP contribution >= 0.6 is 61.8 Å². The second-order valence-electron chi connectivity index (χ2n) is 37.9. The van der Waals surface area contributed by atoms with Crippen molar-refractivity contribution in [3.8, 4) is 22.7 Å². The molecule has 42 heteroatoms. The summed E-state index contributed by atoms with van der Waals surface area (Å²) in [7, 11) is 0. The molecule has 12 aromatic rings. The Bertz CT molecular complexity index is 6080. The summed E-state index contributed by atoms with van der Waals surface area (Å²) in [6.45, 7) is 39.1. The van der Waals surface area contributed by atoms with Crippen molar-refractivity contribution in [2.75, 3.05) is 74.0 Å². The first kappa shape index (κ1) is 106. The van der Waals surface area contributed by atoms with Gasteiger partial charge in [0.2, 0.25) is 23.8 Å². The molecule has 4 saturated heterocycles. The third-order valence-electron chi connectivity index (χ3n) is 23.1. The van der Waals surface area contributed by atoms with Crippen molar-refractivity contribution in [2.45, 2.75) is 221 Å². The minimum absolute atomic E-state index is 0. The van der Waals surface area contributed by atoms with Crippen LogP contribution in [0.1, 0.15) is 208 Å². The Hall–Kier alpha value is -12.5. The van der Waals surface area contributed by atoms with Crippen LogP contribution in [0.25, 0.3) is 22.7 Å². The number of ether oxygens (including phenoxy) is 4. The highest BCUT2D eigenvalue weighted by atomic mass is 35.5. The fourth-order valence-electron chi connectivity index (χ4n) is 15.1. The molecule has 4 aromatic carbocycles. The molecule has 0 spiro atoms. The van der Waals surface area contributed by atoms with E-state index < -0.39 is 67.1 Å². The van der Waals surface area contributed by atoms with Gasteiger partial charge in [-0.3, -0.25) is 9.80 Å². The van der Waals surface area contributed by atoms with Gasteiger partial charge in [0.25, 0.3) is 0 Å². The van der Waals surface area contributed by atoms with Gasteiger partial charge in [0.15, 0.2) is 23.3 Å². The Labute approximate surface area is 827 Å². The summed E-state index contributed by atoms with van der Waals surface area (Å²) in [5.74, 6) is -0.447. The number of benzene rings is 4. The van der Waals surface area contributed by atoms with Crippen LogP contribution in [0.2, 0.25) is 15.1 Å². The molecule has 0 unspecified atom stereocenters. The van der Waals surface area contributed by atoms with Crippen LogP contribution in [0.4, 0.5) is 88.2 Å². The maximum atomic E-state index is 14.5. The number of cyclic esters (lactones) is 4. The molecule has 4 aliphatic heterocycles. The molecule has 0 radical (unpaired) electrons. The first-order valence-electron chi connectivity index (χ1n) is 44.3. The standard InChI is InChI=1S/C25H31ClN6O2.C24H27ClF2N6O2.C24H28ClFN6O2.C23H26F2N6O2.2H2S/c1-15(2)21-13-34-24(33)32(21)22-9-10-27-23(30-22)29-16(3)20-12-31(14-28-20)17-7-8-19(26)18(11-17)25(4,5)6;1-13(26)20-11-35-23(34)33(20)21-18(27)9-28-22(31-21)30-14(2)19-10-32(12-29-19)15-6-7-17(25)16(8-15)24(3,4)5;1-14(26)20-12-34-23(33)32(20)21-8-9-27-22(30-21)29-15(2)19-11-31(13-28-19)16-6-7-18(25)17(10-16)24(3,4)5;1-14(19-11-30(13-27-19)16-7-5-15(6-8-16)23(2,3)4)28-21-26-10-18(25)20(29-21)31-17(9-24)12-33-22(31)32;;/h7-12,14-16,21H,13H2,1-6H3,(H,27,29,30);6-10,12-14,20H,11H2,1-5H3,(H,28,30,31);6-11,13-15,20H,12H2,1-5H3,(H,27,29,30);5-8,10-11,13-14,17H,9,12H2,1-4H3,(H,26,28,29);2*1H2/t16-,21+;13-,14-,20+;14-,15-,20+;14-,17-;;/m0000../s1. The zero-order valence-corrected chi connectivity index (χ0v) is 84.5. The minimum Gasteiger partial charge on any atom is -0.447 e. The number of hydrogen-bond acceptors (Lipinski definition) is 24. The number of rotatable bonds is 24. The van der Waals surface area contributed by atoms with Crippen LogP contribution in [0.15, 0.2) is 166 Å². The fourth-order valence-corrected chi connectivity index (χ4v) is 16.3. The third kappa shape index (κ3) is 25.0. The second-order valence-corrected chi connectivity index (χ2v) is 39.2. The highest BCUT2D eigenvalue weighted by molar-refractivity contribution is 7.59. The summed E-state index contributed by atoms with van der Waals surface area (Å²) in [5, 5.41) is 14.8. The van der Waals surface area contributed by atoms with Crippen molar-refractivity contribution < 1.29 is 60.1 Å². The molecule has 0 aliphatic carbocycles. The third-order valence-corrected chi connectivity index (χ3v) is 24.1. The Morgan fingerprint density at radius 3 is 1.03 bits per heavy atom. The molecule has 736 valence electrons. The molecular weight excluding hydrogens is 1880 g/mol.